The molecule has 6 N–H and O–H groups in total. The van der Waals surface area contributed by atoms with Crippen molar-refractivity contribution in [1.29, 1.82) is 0 Å². The summed E-state index contributed by atoms with van der Waals surface area (Å²) in [6, 6.07) is 0. The van der Waals surface area contributed by atoms with Crippen molar-refractivity contribution < 1.29 is 20.1 Å². The van der Waals surface area contributed by atoms with E-state index in [0.717, 1.165) is 0 Å². The number of nitrogens with one attached hydrogen (secondary N) is 1. The van der Waals surface area contributed by atoms with Gasteiger partial charge in [0, 0.05) is 7.05 Å². The molecule has 122 valence electrons. The minimum atomic E-state index is -1.35. The van der Waals surface area contributed by atoms with Crippen molar-refractivity contribution in [3.63, 3.8) is 0 Å². The zero-order valence-electron chi connectivity index (χ0n) is 12.2. The Morgan fingerprint density at radius 1 is 1.55 bits per heavy atom. The number of rotatable bonds is 2. The molecule has 3 rings (SSSR count). The lowest BCUT2D eigenvalue weighted by molar-refractivity contribution is -0.0812. The number of H-pyrrole nitrogens is 1. The third kappa shape index (κ3) is 1.88. The zero-order valence-corrected chi connectivity index (χ0v) is 12.2. The fourth-order valence-electron chi connectivity index (χ4n) is 3.04. The molecule has 2 aliphatic rings. The van der Waals surface area contributed by atoms with Gasteiger partial charge in [0.15, 0.2) is 11.5 Å². The van der Waals surface area contributed by atoms with Crippen molar-refractivity contribution in [3.05, 3.63) is 10.4 Å². The van der Waals surface area contributed by atoms with Crippen molar-refractivity contribution >= 4 is 17.5 Å². The molecule has 10 heteroatoms. The Bertz CT molecular complexity index is 651. The molecule has 0 saturated carbocycles. The molecule has 0 amide bonds. The number of hydrogen-bond donors (Lipinski definition) is 5. The number of aliphatic hydroxyl groups is 3. The van der Waals surface area contributed by atoms with Gasteiger partial charge in [-0.3, -0.25) is 9.78 Å². The number of nitrogen functional groups attached to an aromatic ring is 1. The maximum absolute atomic E-state index is 12.0. The Hall–Kier alpha value is -1.88. The summed E-state index contributed by atoms with van der Waals surface area (Å²) in [5.41, 5.74) is 4.14. The highest BCUT2D eigenvalue weighted by Gasteiger charge is 2.56. The number of aromatic nitrogens is 2. The van der Waals surface area contributed by atoms with Gasteiger partial charge in [-0.05, 0) is 6.92 Å². The van der Waals surface area contributed by atoms with Crippen LogP contribution in [0, 0.1) is 0 Å². The van der Waals surface area contributed by atoms with Gasteiger partial charge in [0.05, 0.1) is 13.3 Å². The Morgan fingerprint density at radius 3 is 2.82 bits per heavy atom. The topological polar surface area (TPSA) is 148 Å². The standard InChI is InChI=1S/C12H19N5O5/c1-12(8(20)7(19)5(3-18)22-12)17-4-16(2)6-9(17)14-11(13)15-10(6)21/h5,7-8,18-20H,3-4H2,1-2H3,(H3,13,14,15,21)/t5-,7-,8-,12-/m1/s1. The third-order valence-corrected chi connectivity index (χ3v) is 4.24. The van der Waals surface area contributed by atoms with E-state index in [1.807, 2.05) is 0 Å². The molecular formula is C12H19N5O5. The van der Waals surface area contributed by atoms with E-state index in [2.05, 4.69) is 9.97 Å². The summed E-state index contributed by atoms with van der Waals surface area (Å²) in [5, 5.41) is 29.6. The maximum Gasteiger partial charge on any atom is 0.278 e. The number of hydrogen-bond acceptors (Lipinski definition) is 9. The molecular weight excluding hydrogens is 294 g/mol. The van der Waals surface area contributed by atoms with Crippen LogP contribution in [0.4, 0.5) is 17.5 Å². The van der Waals surface area contributed by atoms with Gasteiger partial charge in [0.2, 0.25) is 5.95 Å². The van der Waals surface area contributed by atoms with Crippen LogP contribution in [-0.2, 0) is 4.74 Å². The van der Waals surface area contributed by atoms with Gasteiger partial charge in [0.25, 0.3) is 5.56 Å². The molecule has 0 radical (unpaired) electrons. The lowest BCUT2D eigenvalue weighted by atomic mass is 10.0. The van der Waals surface area contributed by atoms with E-state index in [4.69, 9.17) is 10.5 Å². The highest BCUT2D eigenvalue weighted by Crippen LogP contribution is 2.42. The summed E-state index contributed by atoms with van der Waals surface area (Å²) < 4.78 is 5.65. The monoisotopic (exact) mass is 313 g/mol. The second-order valence-corrected chi connectivity index (χ2v) is 5.72. The van der Waals surface area contributed by atoms with Gasteiger partial charge < -0.3 is 35.6 Å². The average Bonchev–Trinajstić information content (AvgIpc) is 2.90. The first-order valence-corrected chi connectivity index (χ1v) is 6.83. The van der Waals surface area contributed by atoms with E-state index in [-0.39, 0.29) is 18.4 Å². The molecule has 0 unspecified atom stereocenters. The molecule has 0 bridgehead atoms. The van der Waals surface area contributed by atoms with Crippen LogP contribution in [0.5, 0.6) is 0 Å². The van der Waals surface area contributed by atoms with E-state index in [9.17, 15) is 20.1 Å². The molecule has 2 aliphatic heterocycles. The fraction of sp³-hybridized carbons (Fsp3) is 0.667. The van der Waals surface area contributed by atoms with Crippen molar-refractivity contribution in [3.8, 4) is 0 Å². The molecule has 0 aromatic carbocycles. The highest BCUT2D eigenvalue weighted by molar-refractivity contribution is 5.73. The van der Waals surface area contributed by atoms with E-state index < -0.39 is 36.2 Å². The minimum absolute atomic E-state index is 0.0561. The number of fused-ring (bicyclic) bond motifs is 1. The molecule has 22 heavy (non-hydrogen) atoms. The summed E-state index contributed by atoms with van der Waals surface area (Å²) in [6.07, 6.45) is -3.45. The lowest BCUT2D eigenvalue weighted by Crippen LogP contribution is -2.55. The van der Waals surface area contributed by atoms with E-state index in [1.54, 1.807) is 23.8 Å². The van der Waals surface area contributed by atoms with Crippen LogP contribution in [0.15, 0.2) is 4.79 Å². The SMILES string of the molecule is CN1CN([C@]2(C)O[C@H](CO)[C@@H](O)[C@H]2O)c2nc(N)[nH]c(=O)c21. The van der Waals surface area contributed by atoms with Crippen LogP contribution < -0.4 is 21.1 Å². The maximum atomic E-state index is 12.0. The van der Waals surface area contributed by atoms with Crippen molar-refractivity contribution in [2.45, 2.75) is 31.0 Å². The first kappa shape index (κ1) is 15.0. The number of aliphatic hydroxyl groups excluding tert-OH is 3. The summed E-state index contributed by atoms with van der Waals surface area (Å²) in [5.74, 6) is 0.204. The largest absolute Gasteiger partial charge is 0.394 e. The number of nitrogens with two attached hydrogens (primary N) is 1. The van der Waals surface area contributed by atoms with E-state index in [1.165, 1.54) is 0 Å². The minimum Gasteiger partial charge on any atom is -0.394 e. The van der Waals surface area contributed by atoms with Crippen LogP contribution >= 0.6 is 0 Å². The second kappa shape index (κ2) is 4.81. The number of ether oxygens (including phenoxy) is 1. The Kier molecular flexibility index (Phi) is 3.29. The Labute approximate surface area is 125 Å². The van der Waals surface area contributed by atoms with Gasteiger partial charge in [-0.1, -0.05) is 0 Å². The first-order valence-electron chi connectivity index (χ1n) is 6.83. The number of aromatic amines is 1. The summed E-state index contributed by atoms with van der Waals surface area (Å²) in [4.78, 5) is 21.8. The predicted octanol–water partition coefficient (Wildman–Crippen LogP) is -2.61. The van der Waals surface area contributed by atoms with Crippen molar-refractivity contribution in [2.24, 2.45) is 0 Å². The van der Waals surface area contributed by atoms with Gasteiger partial charge in [-0.2, -0.15) is 4.98 Å². The quantitative estimate of drug-likeness (QED) is 0.396. The second-order valence-electron chi connectivity index (χ2n) is 5.72. The van der Waals surface area contributed by atoms with Crippen LogP contribution in [0.25, 0.3) is 0 Å². The third-order valence-electron chi connectivity index (χ3n) is 4.24. The van der Waals surface area contributed by atoms with Crippen molar-refractivity contribution in [2.75, 3.05) is 35.9 Å². The van der Waals surface area contributed by atoms with E-state index >= 15 is 0 Å². The molecule has 3 heterocycles. The Morgan fingerprint density at radius 2 is 2.23 bits per heavy atom. The molecule has 1 aromatic heterocycles. The molecule has 1 fully saturated rings. The summed E-state index contributed by atoms with van der Waals surface area (Å²) in [6.45, 7) is 1.35. The molecule has 1 saturated heterocycles. The molecule has 4 atom stereocenters. The fourth-order valence-corrected chi connectivity index (χ4v) is 3.04. The number of anilines is 3. The molecule has 10 nitrogen and oxygen atoms in total. The van der Waals surface area contributed by atoms with Gasteiger partial charge in [0.1, 0.15) is 24.0 Å². The Balaban J connectivity index is 2.07. The van der Waals surface area contributed by atoms with Gasteiger partial charge in [-0.15, -0.1) is 0 Å². The van der Waals surface area contributed by atoms with Crippen LogP contribution in [0.3, 0.4) is 0 Å². The van der Waals surface area contributed by atoms with Gasteiger partial charge in [-0.25, -0.2) is 0 Å². The van der Waals surface area contributed by atoms with Crippen molar-refractivity contribution in [1.82, 2.24) is 9.97 Å². The van der Waals surface area contributed by atoms with Crippen LogP contribution in [0.1, 0.15) is 6.92 Å². The summed E-state index contributed by atoms with van der Waals surface area (Å²) >= 11 is 0. The van der Waals surface area contributed by atoms with Crippen LogP contribution in [-0.4, -0.2) is 69.6 Å². The average molecular weight is 313 g/mol. The molecule has 0 aliphatic carbocycles. The van der Waals surface area contributed by atoms with E-state index in [0.29, 0.717) is 5.69 Å². The highest BCUT2D eigenvalue weighted by atomic mass is 16.6. The van der Waals surface area contributed by atoms with Gasteiger partial charge >= 0.3 is 0 Å². The zero-order chi connectivity index (χ0) is 16.2. The normalized spacial score (nSPS) is 34.3. The smallest absolute Gasteiger partial charge is 0.278 e. The number of nitrogens with zero attached hydrogens (tertiary/aromatic N) is 3. The molecule has 0 spiro atoms. The molecule has 1 aromatic rings. The summed E-state index contributed by atoms with van der Waals surface area (Å²) in [7, 11) is 1.69. The predicted molar refractivity (Wildman–Crippen MR) is 77.4 cm³/mol. The first-order chi connectivity index (χ1) is 10.3. The lowest BCUT2D eigenvalue weighted by Gasteiger charge is -2.38. The van der Waals surface area contributed by atoms with Crippen LogP contribution in [0.2, 0.25) is 0 Å².